The van der Waals surface area contributed by atoms with Crippen LogP contribution < -0.4 is 20.4 Å². The van der Waals surface area contributed by atoms with Crippen molar-refractivity contribution in [3.05, 3.63) is 23.8 Å². The number of aliphatic carboxylic acids is 4. The zero-order valence-electron chi connectivity index (χ0n) is 16.9. The molecule has 182 valence electrons. The number of hydrogen-bond acceptors (Lipinski definition) is 8. The third-order valence-corrected chi connectivity index (χ3v) is 3.06. The van der Waals surface area contributed by atoms with E-state index in [1.807, 2.05) is 0 Å². The van der Waals surface area contributed by atoms with Crippen LogP contribution in [0.5, 0.6) is 0 Å². The first-order valence-corrected chi connectivity index (χ1v) is 8.23. The molecule has 0 amide bonds. The van der Waals surface area contributed by atoms with Crippen molar-refractivity contribution in [2.24, 2.45) is 11.8 Å². The Morgan fingerprint density at radius 1 is 0.600 bits per heavy atom. The summed E-state index contributed by atoms with van der Waals surface area (Å²) in [5.41, 5.74) is 13.6. The van der Waals surface area contributed by atoms with Crippen LogP contribution in [0.25, 0.3) is 23.8 Å². The molecule has 14 heteroatoms. The first-order valence-electron chi connectivity index (χ1n) is 8.23. The van der Waals surface area contributed by atoms with Crippen molar-refractivity contribution < 1.29 is 81.7 Å². The molecule has 0 radical (unpaired) electrons. The number of carboxylic acid groups (broad SMARTS) is 4. The Morgan fingerprint density at radius 2 is 0.800 bits per heavy atom. The second kappa shape index (κ2) is 32.8. The van der Waals surface area contributed by atoms with E-state index in [9.17, 15) is 39.6 Å². The van der Waals surface area contributed by atoms with Crippen molar-refractivity contribution in [3.8, 4) is 0 Å². The average Bonchev–Trinajstić information content (AvgIpc) is 2.52. The molecule has 0 aliphatic rings. The van der Waals surface area contributed by atoms with E-state index in [0.717, 1.165) is 25.7 Å². The van der Waals surface area contributed by atoms with Crippen LogP contribution in [0.4, 0.5) is 0 Å². The fraction of sp³-hybridized carbons (Fsp3) is 0.750. The Bertz CT molecular complexity index is 366. The second-order valence-corrected chi connectivity index (χ2v) is 5.11. The van der Waals surface area contributed by atoms with Crippen LogP contribution in [-0.2, 0) is 61.3 Å². The van der Waals surface area contributed by atoms with Crippen molar-refractivity contribution in [2.75, 3.05) is 13.1 Å². The third kappa shape index (κ3) is 31.8. The van der Waals surface area contributed by atoms with Gasteiger partial charge >= 0.3 is 42.1 Å². The Hall–Kier alpha value is -0.903. The van der Waals surface area contributed by atoms with Crippen molar-refractivity contribution in [3.63, 3.8) is 0 Å². The van der Waals surface area contributed by atoms with Crippen LogP contribution in [-0.4, -0.2) is 37.0 Å². The molecule has 0 atom stereocenters. The molecule has 0 fully saturated rings. The predicted octanol–water partition coefficient (Wildman–Crippen LogP) is -0.895. The van der Waals surface area contributed by atoms with Gasteiger partial charge in [0, 0.05) is 11.8 Å². The monoisotopic (exact) mass is 796 g/mol. The third-order valence-electron chi connectivity index (χ3n) is 3.06. The van der Waals surface area contributed by atoms with Gasteiger partial charge in [0.2, 0.25) is 0 Å². The molecule has 6 N–H and O–H groups in total. The van der Waals surface area contributed by atoms with Crippen molar-refractivity contribution in [1.29, 1.82) is 0 Å². The minimum atomic E-state index is -1.59. The van der Waals surface area contributed by atoms with Crippen LogP contribution in [0.1, 0.15) is 52.4 Å². The quantitative estimate of drug-likeness (QED) is 0.186. The van der Waals surface area contributed by atoms with Gasteiger partial charge in [-0.1, -0.05) is 39.5 Å². The number of carboxylic acids is 4. The SMILES string of the molecule is CCC(C(=O)[O-])C(=O)[O-].CCC(C(=O)[O-])C(=O)[O-].[NH-]CCCCCC[NH-].[NH2-].[NH2-].[Pt+4].[Pt+4]. The molecular formula is C16H30N4O8Pt2. The maximum Gasteiger partial charge on any atom is 4.00 e. The minimum Gasteiger partial charge on any atom is -0.693 e. The molecule has 0 aromatic carbocycles. The van der Waals surface area contributed by atoms with E-state index < -0.39 is 35.7 Å². The van der Waals surface area contributed by atoms with Gasteiger partial charge in [-0.05, 0) is 12.8 Å². The molecule has 0 aliphatic heterocycles. The topological polar surface area (TPSA) is 275 Å². The smallest absolute Gasteiger partial charge is 0.693 e. The zero-order chi connectivity index (χ0) is 21.1. The summed E-state index contributed by atoms with van der Waals surface area (Å²) in [6, 6.07) is 0. The summed E-state index contributed by atoms with van der Waals surface area (Å²) in [5.74, 6) is -9.28. The standard InChI is InChI=1S/C6H14N2.2C5H8O4.2H2N.2Pt/c7-5-3-1-2-4-6-8;2*1-2-3(4(6)7)5(8)9;;;;/h7-8H,1-6H2;2*3H,2H2,1H3,(H,6,7)(H,8,9);2*1H2;;/q-2;;;2*-1;2*+4/p-4. The van der Waals surface area contributed by atoms with E-state index in [1.165, 1.54) is 13.8 Å². The minimum absolute atomic E-state index is 0. The Balaban J connectivity index is -0.0000000497. The molecule has 0 rings (SSSR count). The van der Waals surface area contributed by atoms with E-state index in [-0.39, 0.29) is 67.3 Å². The van der Waals surface area contributed by atoms with E-state index in [1.54, 1.807) is 0 Å². The van der Waals surface area contributed by atoms with Crippen LogP contribution >= 0.6 is 0 Å². The number of rotatable bonds is 11. The van der Waals surface area contributed by atoms with Crippen LogP contribution in [0.2, 0.25) is 0 Å². The number of nitrogens with one attached hydrogen (secondary N) is 2. The normalized spacial score (nSPS) is 8.33. The average molecular weight is 797 g/mol. The first-order chi connectivity index (χ1) is 12.1. The summed E-state index contributed by atoms with van der Waals surface area (Å²) in [6.45, 7) is 3.99. The summed E-state index contributed by atoms with van der Waals surface area (Å²) >= 11 is 0. The maximum atomic E-state index is 9.84. The number of carbonyl (C=O) groups excluding carboxylic acids is 4. The van der Waals surface area contributed by atoms with Gasteiger partial charge < -0.3 is 63.4 Å². The molecular weight excluding hydrogens is 766 g/mol. The van der Waals surface area contributed by atoms with Gasteiger partial charge in [0.15, 0.2) is 0 Å². The van der Waals surface area contributed by atoms with Crippen LogP contribution in [0.15, 0.2) is 0 Å². The molecule has 0 spiro atoms. The predicted molar refractivity (Wildman–Crippen MR) is 95.0 cm³/mol. The molecule has 0 saturated heterocycles. The van der Waals surface area contributed by atoms with Crippen molar-refractivity contribution in [1.82, 2.24) is 0 Å². The second-order valence-electron chi connectivity index (χ2n) is 5.11. The Morgan fingerprint density at radius 3 is 0.867 bits per heavy atom. The Kier molecular flexibility index (Phi) is 51.4. The van der Waals surface area contributed by atoms with E-state index >= 15 is 0 Å². The number of hydrogen-bond donors (Lipinski definition) is 0. The molecule has 0 bridgehead atoms. The molecule has 12 nitrogen and oxygen atoms in total. The summed E-state index contributed by atoms with van der Waals surface area (Å²) in [5, 5.41) is 39.4. The van der Waals surface area contributed by atoms with E-state index in [2.05, 4.69) is 0 Å². The van der Waals surface area contributed by atoms with Gasteiger partial charge in [-0.2, -0.15) is 13.1 Å². The van der Waals surface area contributed by atoms with E-state index in [4.69, 9.17) is 11.5 Å². The molecule has 0 saturated carbocycles. The van der Waals surface area contributed by atoms with Gasteiger partial charge in [-0.3, -0.25) is 0 Å². The summed E-state index contributed by atoms with van der Waals surface area (Å²) in [4.78, 5) is 39.4. The zero-order valence-corrected chi connectivity index (χ0v) is 21.4. The summed E-state index contributed by atoms with van der Waals surface area (Å²) in [7, 11) is 0. The molecule has 0 unspecified atom stereocenters. The van der Waals surface area contributed by atoms with Gasteiger partial charge in [0.25, 0.3) is 0 Å². The number of nitrogens with two attached hydrogens (primary N) is 2. The molecule has 0 aromatic rings. The first kappa shape index (κ1) is 47.0. The van der Waals surface area contributed by atoms with Gasteiger partial charge in [-0.15, -0.1) is 0 Å². The van der Waals surface area contributed by atoms with Crippen molar-refractivity contribution >= 4 is 23.9 Å². The van der Waals surface area contributed by atoms with Gasteiger partial charge in [-0.25, -0.2) is 0 Å². The fourth-order valence-electron chi connectivity index (χ4n) is 1.46. The van der Waals surface area contributed by atoms with Gasteiger partial charge in [0.05, 0.1) is 23.9 Å². The van der Waals surface area contributed by atoms with Crippen molar-refractivity contribution in [2.45, 2.75) is 52.4 Å². The molecule has 0 aliphatic carbocycles. The summed E-state index contributed by atoms with van der Waals surface area (Å²) < 4.78 is 0. The molecule has 0 aromatic heterocycles. The van der Waals surface area contributed by atoms with Crippen LogP contribution in [0.3, 0.4) is 0 Å². The maximum absolute atomic E-state index is 9.84. The van der Waals surface area contributed by atoms with E-state index in [0.29, 0.717) is 13.1 Å². The number of carbonyl (C=O) groups is 4. The molecule has 30 heavy (non-hydrogen) atoms. The Labute approximate surface area is 206 Å². The largest absolute Gasteiger partial charge is 4.00 e. The molecule has 0 heterocycles. The van der Waals surface area contributed by atoms with Gasteiger partial charge in [0.1, 0.15) is 0 Å². The fourth-order valence-corrected chi connectivity index (χ4v) is 1.46. The summed E-state index contributed by atoms with van der Waals surface area (Å²) in [6.07, 6.45) is 4.32. The van der Waals surface area contributed by atoms with Crippen LogP contribution in [0, 0.1) is 11.8 Å². The number of unbranched alkanes of at least 4 members (excludes halogenated alkanes) is 3.